The Balaban J connectivity index is 3.10. The van der Waals surface area contributed by atoms with Gasteiger partial charge in [-0.3, -0.25) is 19.2 Å². The molecule has 160 valence electrons. The predicted molar refractivity (Wildman–Crippen MR) is 108 cm³/mol. The maximum absolute atomic E-state index is 11.6. The van der Waals surface area contributed by atoms with Crippen molar-refractivity contribution in [1.29, 1.82) is 0 Å². The Morgan fingerprint density at radius 1 is 0.759 bits per heavy atom. The molecule has 0 aliphatic carbocycles. The first kappa shape index (κ1) is 24.7. The third kappa shape index (κ3) is 10.1. The second-order valence-electron chi connectivity index (χ2n) is 5.94. The van der Waals surface area contributed by atoms with E-state index in [9.17, 15) is 19.2 Å². The van der Waals surface area contributed by atoms with Gasteiger partial charge in [-0.2, -0.15) is 0 Å². The normalized spacial score (nSPS) is 13.4. The number of rotatable bonds is 10. The van der Waals surface area contributed by atoms with Gasteiger partial charge in [-0.25, -0.2) is 0 Å². The zero-order chi connectivity index (χ0) is 22.0. The minimum atomic E-state index is -1.26. The summed E-state index contributed by atoms with van der Waals surface area (Å²) in [5, 5.41) is 0. The van der Waals surface area contributed by atoms with Crippen LogP contribution in [-0.2, 0) is 38.1 Å². The Morgan fingerprint density at radius 2 is 1.24 bits per heavy atom. The molecule has 9 nitrogen and oxygen atoms in total. The molecule has 0 aromatic heterocycles. The number of esters is 4. The van der Waals surface area contributed by atoms with Crippen LogP contribution in [0.3, 0.4) is 0 Å². The van der Waals surface area contributed by atoms with Crippen molar-refractivity contribution in [2.75, 3.05) is 13.2 Å². The van der Waals surface area contributed by atoms with Crippen LogP contribution in [0.2, 0.25) is 0 Å². The van der Waals surface area contributed by atoms with Gasteiger partial charge in [0.25, 0.3) is 0 Å². The highest BCUT2D eigenvalue weighted by Gasteiger charge is 2.38. The molecular weight excluding hydrogens is 499 g/mol. The van der Waals surface area contributed by atoms with E-state index >= 15 is 0 Å². The number of halogens is 1. The number of hydrogen-bond acceptors (Lipinski definition) is 9. The lowest BCUT2D eigenvalue weighted by molar-refractivity contribution is -0.191. The van der Waals surface area contributed by atoms with Gasteiger partial charge >= 0.3 is 23.9 Å². The van der Waals surface area contributed by atoms with Gasteiger partial charge in [-0.15, -0.1) is 0 Å². The molecule has 1 rings (SSSR count). The minimum Gasteiger partial charge on any atom is -0.490 e. The zero-order valence-corrected chi connectivity index (χ0v) is 18.7. The summed E-state index contributed by atoms with van der Waals surface area (Å²) in [6.07, 6.45) is -3.59. The highest BCUT2D eigenvalue weighted by molar-refractivity contribution is 14.1. The topological polar surface area (TPSA) is 114 Å². The molecule has 0 saturated heterocycles. The van der Waals surface area contributed by atoms with E-state index in [2.05, 4.69) is 22.6 Å². The van der Waals surface area contributed by atoms with E-state index in [-0.39, 0.29) is 6.61 Å². The van der Waals surface area contributed by atoms with Crippen LogP contribution in [0.1, 0.15) is 27.7 Å². The minimum absolute atomic E-state index is 0.198. The number of hydrogen-bond donors (Lipinski definition) is 0. The van der Waals surface area contributed by atoms with E-state index in [1.165, 1.54) is 13.8 Å². The lowest BCUT2D eigenvalue weighted by atomic mass is 10.1. The Bertz CT molecular complexity index is 717. The van der Waals surface area contributed by atoms with Gasteiger partial charge in [0.15, 0.2) is 18.3 Å². The highest BCUT2D eigenvalue weighted by Crippen LogP contribution is 2.18. The van der Waals surface area contributed by atoms with Crippen molar-refractivity contribution in [3.05, 3.63) is 27.8 Å². The molecule has 0 aliphatic rings. The first-order chi connectivity index (χ1) is 13.6. The largest absolute Gasteiger partial charge is 0.490 e. The molecule has 1 aromatic carbocycles. The maximum atomic E-state index is 11.6. The molecule has 0 radical (unpaired) electrons. The molecule has 10 heteroatoms. The molecular formula is C19H23IO9. The number of carbonyl (C=O) groups is 4. The van der Waals surface area contributed by atoms with E-state index < -0.39 is 48.8 Å². The van der Waals surface area contributed by atoms with Gasteiger partial charge in [-0.05, 0) is 46.9 Å². The Labute approximate surface area is 182 Å². The average Bonchev–Trinajstić information content (AvgIpc) is 2.61. The SMILES string of the molecule is CC(=O)OC[C@@H](OC(C)=O)[C@@H](OC(C)=O)[C@@H](COc1ccc(I)cc1)OC(C)=O. The summed E-state index contributed by atoms with van der Waals surface area (Å²) in [5.41, 5.74) is 0. The van der Waals surface area contributed by atoms with E-state index in [1.54, 1.807) is 12.1 Å². The number of ether oxygens (including phenoxy) is 5. The van der Waals surface area contributed by atoms with Crippen LogP contribution >= 0.6 is 22.6 Å². The van der Waals surface area contributed by atoms with Crippen LogP contribution in [0, 0.1) is 3.57 Å². The van der Waals surface area contributed by atoms with Crippen LogP contribution in [-0.4, -0.2) is 55.4 Å². The fraction of sp³-hybridized carbons (Fsp3) is 0.474. The molecule has 0 saturated carbocycles. The van der Waals surface area contributed by atoms with Gasteiger partial charge in [0.05, 0.1) is 0 Å². The summed E-state index contributed by atoms with van der Waals surface area (Å²) < 4.78 is 27.2. The van der Waals surface area contributed by atoms with Crippen molar-refractivity contribution in [3.8, 4) is 5.75 Å². The van der Waals surface area contributed by atoms with Gasteiger partial charge in [0.1, 0.15) is 19.0 Å². The van der Waals surface area contributed by atoms with Gasteiger partial charge in [0.2, 0.25) is 0 Å². The fourth-order valence-electron chi connectivity index (χ4n) is 2.31. The van der Waals surface area contributed by atoms with Crippen molar-refractivity contribution in [3.63, 3.8) is 0 Å². The third-order valence-electron chi connectivity index (χ3n) is 3.35. The van der Waals surface area contributed by atoms with Crippen molar-refractivity contribution in [1.82, 2.24) is 0 Å². The molecule has 0 N–H and O–H groups in total. The molecule has 3 atom stereocenters. The monoisotopic (exact) mass is 522 g/mol. The van der Waals surface area contributed by atoms with Crippen molar-refractivity contribution >= 4 is 46.5 Å². The first-order valence-electron chi connectivity index (χ1n) is 8.62. The molecule has 0 fully saturated rings. The van der Waals surface area contributed by atoms with Crippen LogP contribution in [0.25, 0.3) is 0 Å². The summed E-state index contributed by atoms with van der Waals surface area (Å²) in [6, 6.07) is 7.08. The molecule has 0 heterocycles. The van der Waals surface area contributed by atoms with Crippen molar-refractivity contribution in [2.24, 2.45) is 0 Å². The van der Waals surface area contributed by atoms with Gasteiger partial charge < -0.3 is 23.7 Å². The average molecular weight is 522 g/mol. The molecule has 0 amide bonds. The van der Waals surface area contributed by atoms with Gasteiger partial charge in [0, 0.05) is 31.3 Å². The lowest BCUT2D eigenvalue weighted by Gasteiger charge is -2.31. The summed E-state index contributed by atoms with van der Waals surface area (Å²) in [7, 11) is 0. The Morgan fingerprint density at radius 3 is 1.69 bits per heavy atom. The second kappa shape index (κ2) is 12.2. The van der Waals surface area contributed by atoms with Crippen LogP contribution in [0.15, 0.2) is 24.3 Å². The van der Waals surface area contributed by atoms with E-state index in [0.717, 1.165) is 17.4 Å². The van der Waals surface area contributed by atoms with E-state index in [0.29, 0.717) is 5.75 Å². The van der Waals surface area contributed by atoms with Crippen molar-refractivity contribution in [2.45, 2.75) is 46.0 Å². The van der Waals surface area contributed by atoms with E-state index in [4.69, 9.17) is 23.7 Å². The summed E-state index contributed by atoms with van der Waals surface area (Å²) in [4.78, 5) is 45.9. The molecule has 29 heavy (non-hydrogen) atoms. The predicted octanol–water partition coefficient (Wildman–Crippen LogP) is 2.03. The van der Waals surface area contributed by atoms with Crippen LogP contribution in [0.4, 0.5) is 0 Å². The maximum Gasteiger partial charge on any atom is 0.303 e. The highest BCUT2D eigenvalue weighted by atomic mass is 127. The van der Waals surface area contributed by atoms with Crippen LogP contribution < -0.4 is 4.74 Å². The fourth-order valence-corrected chi connectivity index (χ4v) is 2.67. The lowest BCUT2D eigenvalue weighted by Crippen LogP contribution is -2.49. The molecule has 1 aromatic rings. The molecule has 0 aliphatic heterocycles. The van der Waals surface area contributed by atoms with Crippen molar-refractivity contribution < 1.29 is 42.9 Å². The summed E-state index contributed by atoms with van der Waals surface area (Å²) in [6.45, 7) is 4.05. The number of benzene rings is 1. The standard InChI is InChI=1S/C19H23IO9/c1-11(21)25-9-17(27-12(2)22)19(29-14(4)24)18(28-13(3)23)10-26-16-7-5-15(20)6-8-16/h5-8,17-19H,9-10H2,1-4H3/t17-,18-,19-/m1/s1. The first-order valence-corrected chi connectivity index (χ1v) is 9.69. The van der Waals surface area contributed by atoms with E-state index in [1.807, 2.05) is 12.1 Å². The van der Waals surface area contributed by atoms with Crippen LogP contribution in [0.5, 0.6) is 5.75 Å². The zero-order valence-electron chi connectivity index (χ0n) is 16.5. The quantitative estimate of drug-likeness (QED) is 0.259. The summed E-state index contributed by atoms with van der Waals surface area (Å²) in [5.74, 6) is -2.19. The van der Waals surface area contributed by atoms with Gasteiger partial charge in [-0.1, -0.05) is 0 Å². The Kier molecular flexibility index (Phi) is 10.4. The smallest absolute Gasteiger partial charge is 0.303 e. The molecule has 0 spiro atoms. The Hall–Kier alpha value is -2.37. The number of carbonyl (C=O) groups excluding carboxylic acids is 4. The summed E-state index contributed by atoms with van der Waals surface area (Å²) >= 11 is 2.14. The third-order valence-corrected chi connectivity index (χ3v) is 4.07. The molecule has 0 unspecified atom stereocenters. The second-order valence-corrected chi connectivity index (χ2v) is 7.18. The molecule has 0 bridgehead atoms.